The predicted molar refractivity (Wildman–Crippen MR) is 42.3 cm³/mol. The molecule has 0 nitrogen and oxygen atoms in total. The molecule has 1 heterocycles. The molecule has 0 aliphatic carbocycles. The van der Waals surface area contributed by atoms with Gasteiger partial charge < -0.3 is 0 Å². The maximum Gasteiger partial charge on any atom is 0.167 e. The standard InChI is InChI=1S/C6H4BrFS/c7-6(8)4-5-2-1-3-9-5/h1-4H. The van der Waals surface area contributed by atoms with Crippen LogP contribution in [0.1, 0.15) is 4.88 Å². The molecule has 1 rings (SSSR count). The normalized spacial score (nSPS) is 12.0. The molecule has 0 radical (unpaired) electrons. The van der Waals surface area contributed by atoms with Crippen LogP contribution in [0.2, 0.25) is 0 Å². The lowest BCUT2D eigenvalue weighted by Crippen LogP contribution is -1.54. The Balaban J connectivity index is 2.80. The number of halogens is 2. The van der Waals surface area contributed by atoms with Crippen molar-refractivity contribution in [3.8, 4) is 0 Å². The van der Waals surface area contributed by atoms with Crippen molar-refractivity contribution in [1.82, 2.24) is 0 Å². The van der Waals surface area contributed by atoms with Crippen molar-refractivity contribution in [1.29, 1.82) is 0 Å². The van der Waals surface area contributed by atoms with E-state index in [1.165, 1.54) is 17.4 Å². The number of hydrogen-bond donors (Lipinski definition) is 0. The highest BCUT2D eigenvalue weighted by atomic mass is 79.9. The molecule has 0 aliphatic rings. The predicted octanol–water partition coefficient (Wildman–Crippen LogP) is 3.41. The Morgan fingerprint density at radius 1 is 1.78 bits per heavy atom. The van der Waals surface area contributed by atoms with Gasteiger partial charge in [0.15, 0.2) is 4.74 Å². The Labute approximate surface area is 65.1 Å². The highest BCUT2D eigenvalue weighted by Gasteiger charge is 1.88. The summed E-state index contributed by atoms with van der Waals surface area (Å²) in [6.07, 6.45) is 1.44. The maximum atomic E-state index is 12.0. The third kappa shape index (κ3) is 2.28. The molecule has 48 valence electrons. The third-order valence-corrected chi connectivity index (χ3v) is 1.84. The molecule has 0 N–H and O–H groups in total. The summed E-state index contributed by atoms with van der Waals surface area (Å²) in [5, 5.41) is 1.90. The zero-order valence-corrected chi connectivity index (χ0v) is 6.88. The fourth-order valence-electron chi connectivity index (χ4n) is 0.481. The average molecular weight is 207 g/mol. The molecule has 0 aliphatic heterocycles. The second kappa shape index (κ2) is 3.13. The molecular formula is C6H4BrFS. The highest BCUT2D eigenvalue weighted by molar-refractivity contribution is 9.11. The summed E-state index contributed by atoms with van der Waals surface area (Å²) in [6.45, 7) is 0. The van der Waals surface area contributed by atoms with Gasteiger partial charge in [-0.3, -0.25) is 0 Å². The van der Waals surface area contributed by atoms with Crippen LogP contribution < -0.4 is 0 Å². The number of rotatable bonds is 1. The topological polar surface area (TPSA) is 0 Å². The molecule has 0 atom stereocenters. The molecule has 0 saturated carbocycles. The summed E-state index contributed by atoms with van der Waals surface area (Å²) < 4.78 is 11.7. The molecular weight excluding hydrogens is 203 g/mol. The lowest BCUT2D eigenvalue weighted by Gasteiger charge is -1.79. The van der Waals surface area contributed by atoms with Crippen molar-refractivity contribution in [3.63, 3.8) is 0 Å². The van der Waals surface area contributed by atoms with Gasteiger partial charge in [0, 0.05) is 4.88 Å². The molecule has 0 aromatic carbocycles. The van der Waals surface area contributed by atoms with Crippen molar-refractivity contribution in [2.45, 2.75) is 0 Å². The largest absolute Gasteiger partial charge is 0.199 e. The van der Waals surface area contributed by atoms with Crippen LogP contribution in [0.3, 0.4) is 0 Å². The maximum absolute atomic E-state index is 12.0. The van der Waals surface area contributed by atoms with E-state index < -0.39 is 0 Å². The third-order valence-electron chi connectivity index (χ3n) is 0.795. The minimum Gasteiger partial charge on any atom is -0.199 e. The molecule has 0 amide bonds. The van der Waals surface area contributed by atoms with E-state index in [4.69, 9.17) is 0 Å². The Morgan fingerprint density at radius 3 is 3.00 bits per heavy atom. The van der Waals surface area contributed by atoms with Crippen molar-refractivity contribution in [3.05, 3.63) is 27.1 Å². The van der Waals surface area contributed by atoms with Gasteiger partial charge in [0.2, 0.25) is 0 Å². The van der Waals surface area contributed by atoms with Gasteiger partial charge in [-0.25, -0.2) is 0 Å². The van der Waals surface area contributed by atoms with Crippen LogP contribution in [0, 0.1) is 0 Å². The first-order valence-corrected chi connectivity index (χ1v) is 4.02. The van der Waals surface area contributed by atoms with E-state index >= 15 is 0 Å². The molecule has 1 aromatic rings. The Kier molecular flexibility index (Phi) is 2.42. The number of thiophene rings is 1. The Morgan fingerprint density at radius 2 is 2.56 bits per heavy atom. The summed E-state index contributed by atoms with van der Waals surface area (Å²) in [6, 6.07) is 3.73. The van der Waals surface area contributed by atoms with Crippen LogP contribution in [0.25, 0.3) is 6.08 Å². The highest BCUT2D eigenvalue weighted by Crippen LogP contribution is 2.16. The number of hydrogen-bond acceptors (Lipinski definition) is 1. The van der Waals surface area contributed by atoms with Gasteiger partial charge in [0.1, 0.15) is 0 Å². The second-order valence-corrected chi connectivity index (χ2v) is 3.19. The lowest BCUT2D eigenvalue weighted by molar-refractivity contribution is 0.712. The van der Waals surface area contributed by atoms with E-state index in [1.54, 1.807) is 0 Å². The van der Waals surface area contributed by atoms with Crippen molar-refractivity contribution in [2.24, 2.45) is 0 Å². The van der Waals surface area contributed by atoms with Crippen LogP contribution in [0.4, 0.5) is 4.39 Å². The molecule has 0 fully saturated rings. The van der Waals surface area contributed by atoms with E-state index in [2.05, 4.69) is 15.9 Å². The molecule has 0 spiro atoms. The Bertz CT molecular complexity index is 199. The fourth-order valence-corrected chi connectivity index (χ4v) is 1.52. The van der Waals surface area contributed by atoms with Crippen LogP contribution in [-0.4, -0.2) is 0 Å². The smallest absolute Gasteiger partial charge is 0.167 e. The van der Waals surface area contributed by atoms with Crippen LogP contribution in [0.5, 0.6) is 0 Å². The monoisotopic (exact) mass is 206 g/mol. The summed E-state index contributed by atoms with van der Waals surface area (Å²) in [5.41, 5.74) is 0. The van der Waals surface area contributed by atoms with Gasteiger partial charge in [-0.1, -0.05) is 6.07 Å². The van der Waals surface area contributed by atoms with Gasteiger partial charge in [-0.05, 0) is 33.5 Å². The molecule has 0 unspecified atom stereocenters. The zero-order chi connectivity index (χ0) is 6.69. The first-order chi connectivity index (χ1) is 4.29. The molecule has 3 heteroatoms. The quantitative estimate of drug-likeness (QED) is 0.661. The SMILES string of the molecule is FC(Br)=Cc1cccs1. The van der Waals surface area contributed by atoms with Crippen molar-refractivity contribution < 1.29 is 4.39 Å². The minimum absolute atomic E-state index is 0.329. The van der Waals surface area contributed by atoms with E-state index in [0.29, 0.717) is 0 Å². The van der Waals surface area contributed by atoms with E-state index in [1.807, 2.05) is 17.5 Å². The molecule has 1 aromatic heterocycles. The van der Waals surface area contributed by atoms with Gasteiger partial charge in [-0.15, -0.1) is 11.3 Å². The lowest BCUT2D eigenvalue weighted by atomic mass is 10.5. The van der Waals surface area contributed by atoms with E-state index in [9.17, 15) is 4.39 Å². The van der Waals surface area contributed by atoms with Gasteiger partial charge in [-0.2, -0.15) is 4.39 Å². The summed E-state index contributed by atoms with van der Waals surface area (Å²) in [7, 11) is 0. The van der Waals surface area contributed by atoms with Gasteiger partial charge in [0.05, 0.1) is 0 Å². The van der Waals surface area contributed by atoms with E-state index in [0.717, 1.165) is 4.88 Å². The van der Waals surface area contributed by atoms with Gasteiger partial charge in [0.25, 0.3) is 0 Å². The first kappa shape index (κ1) is 6.96. The fraction of sp³-hybridized carbons (Fsp3) is 0. The van der Waals surface area contributed by atoms with Crippen molar-refractivity contribution >= 4 is 33.3 Å². The molecule has 0 bridgehead atoms. The summed E-state index contributed by atoms with van der Waals surface area (Å²) in [5.74, 6) is 0. The van der Waals surface area contributed by atoms with Crippen molar-refractivity contribution in [2.75, 3.05) is 0 Å². The molecule has 9 heavy (non-hydrogen) atoms. The van der Waals surface area contributed by atoms with Crippen LogP contribution in [-0.2, 0) is 0 Å². The van der Waals surface area contributed by atoms with Crippen LogP contribution in [0.15, 0.2) is 22.2 Å². The zero-order valence-electron chi connectivity index (χ0n) is 4.47. The first-order valence-electron chi connectivity index (χ1n) is 2.35. The molecule has 0 saturated heterocycles. The Hall–Kier alpha value is -0.150. The average Bonchev–Trinajstić information content (AvgIpc) is 2.15. The van der Waals surface area contributed by atoms with E-state index in [-0.39, 0.29) is 4.74 Å². The van der Waals surface area contributed by atoms with Gasteiger partial charge >= 0.3 is 0 Å². The summed E-state index contributed by atoms with van der Waals surface area (Å²) in [4.78, 5) is 0.921. The minimum atomic E-state index is -0.329. The second-order valence-electron chi connectivity index (χ2n) is 1.45. The summed E-state index contributed by atoms with van der Waals surface area (Å²) >= 11 is 4.20. The van der Waals surface area contributed by atoms with Crippen LogP contribution >= 0.6 is 27.3 Å².